The minimum atomic E-state index is -0.215. The zero-order valence-corrected chi connectivity index (χ0v) is 15.0. The fourth-order valence-electron chi connectivity index (χ4n) is 2.93. The molecule has 1 unspecified atom stereocenters. The van der Waals surface area contributed by atoms with E-state index in [1.165, 1.54) is 24.6 Å². The molecule has 1 aliphatic heterocycles. The number of benzene rings is 1. The lowest BCUT2D eigenvalue weighted by Gasteiger charge is -2.23. The number of amides is 1. The molecule has 1 amide bonds. The topological polar surface area (TPSA) is 59.2 Å². The number of likely N-dealkylation sites (tertiary alicyclic amines) is 1. The molecule has 1 saturated heterocycles. The van der Waals surface area contributed by atoms with E-state index in [9.17, 15) is 4.79 Å². The quantitative estimate of drug-likeness (QED) is 0.786. The summed E-state index contributed by atoms with van der Waals surface area (Å²) in [4.78, 5) is 14.6. The third-order valence-corrected chi connectivity index (χ3v) is 5.25. The Kier molecular flexibility index (Phi) is 5.56. The lowest BCUT2D eigenvalue weighted by Crippen LogP contribution is -2.37. The second-order valence-electron chi connectivity index (χ2n) is 6.19. The van der Waals surface area contributed by atoms with Gasteiger partial charge < -0.3 is 9.32 Å². The normalized spacial score (nSPS) is 16.7. The smallest absolute Gasteiger partial charge is 0.277 e. The zero-order valence-electron chi connectivity index (χ0n) is 14.2. The van der Waals surface area contributed by atoms with Gasteiger partial charge in [0.1, 0.15) is 0 Å². The molecule has 1 aromatic heterocycles. The van der Waals surface area contributed by atoms with Crippen molar-refractivity contribution in [1.29, 1.82) is 0 Å². The van der Waals surface area contributed by atoms with Gasteiger partial charge in [0.05, 0.1) is 5.25 Å². The van der Waals surface area contributed by atoms with Crippen LogP contribution in [0.2, 0.25) is 0 Å². The number of hydrogen-bond acceptors (Lipinski definition) is 5. The van der Waals surface area contributed by atoms with E-state index in [1.54, 1.807) is 0 Å². The molecule has 3 rings (SSSR count). The minimum absolute atomic E-state index is 0.164. The molecular weight excluding hydrogens is 322 g/mol. The van der Waals surface area contributed by atoms with Gasteiger partial charge in [-0.15, -0.1) is 10.2 Å². The molecule has 0 aliphatic carbocycles. The fraction of sp³-hybridized carbons (Fsp3) is 0.500. The number of thioether (sulfide) groups is 1. The van der Waals surface area contributed by atoms with Crippen molar-refractivity contribution in [2.45, 2.75) is 50.0 Å². The largest absolute Gasteiger partial charge is 0.411 e. The summed E-state index contributed by atoms with van der Waals surface area (Å²) in [5.74, 6) is 0.669. The molecule has 1 aromatic carbocycles. The van der Waals surface area contributed by atoms with Crippen LogP contribution in [-0.4, -0.2) is 39.3 Å². The summed E-state index contributed by atoms with van der Waals surface area (Å²) in [5, 5.41) is 8.45. The highest BCUT2D eigenvalue weighted by Crippen LogP contribution is 2.28. The van der Waals surface area contributed by atoms with E-state index in [-0.39, 0.29) is 11.2 Å². The van der Waals surface area contributed by atoms with Gasteiger partial charge >= 0.3 is 0 Å². The highest BCUT2D eigenvalue weighted by Gasteiger charge is 2.24. The van der Waals surface area contributed by atoms with E-state index in [1.807, 2.05) is 43.0 Å². The Morgan fingerprint density at radius 2 is 1.88 bits per heavy atom. The summed E-state index contributed by atoms with van der Waals surface area (Å²) < 4.78 is 5.75. The van der Waals surface area contributed by atoms with Crippen molar-refractivity contribution in [3.8, 4) is 11.5 Å². The Morgan fingerprint density at radius 3 is 2.58 bits per heavy atom. The van der Waals surface area contributed by atoms with Crippen LogP contribution in [0.4, 0.5) is 0 Å². The first-order valence-corrected chi connectivity index (χ1v) is 9.38. The molecule has 2 heterocycles. The summed E-state index contributed by atoms with van der Waals surface area (Å²) >= 11 is 1.34. The van der Waals surface area contributed by atoms with Gasteiger partial charge in [-0.3, -0.25) is 4.79 Å². The van der Waals surface area contributed by atoms with Crippen LogP contribution >= 0.6 is 11.8 Å². The number of aromatic nitrogens is 2. The monoisotopic (exact) mass is 345 g/mol. The van der Waals surface area contributed by atoms with E-state index in [2.05, 4.69) is 10.2 Å². The van der Waals surface area contributed by atoms with Crippen molar-refractivity contribution < 1.29 is 9.21 Å². The van der Waals surface area contributed by atoms with E-state index < -0.39 is 0 Å². The van der Waals surface area contributed by atoms with Crippen molar-refractivity contribution in [1.82, 2.24) is 15.1 Å². The molecule has 1 aliphatic rings. The third-order valence-electron chi connectivity index (χ3n) is 4.33. The Morgan fingerprint density at radius 1 is 1.17 bits per heavy atom. The predicted molar refractivity (Wildman–Crippen MR) is 94.8 cm³/mol. The molecule has 6 heteroatoms. The Balaban J connectivity index is 1.65. The first-order valence-electron chi connectivity index (χ1n) is 8.50. The fourth-order valence-corrected chi connectivity index (χ4v) is 3.70. The maximum Gasteiger partial charge on any atom is 0.277 e. The maximum atomic E-state index is 12.6. The summed E-state index contributed by atoms with van der Waals surface area (Å²) in [6.07, 6.45) is 4.63. The van der Waals surface area contributed by atoms with E-state index in [0.717, 1.165) is 37.1 Å². The SMILES string of the molecule is Cc1ccccc1-c1nnc(SC(C)C(=O)N2CCCCCC2)o1. The van der Waals surface area contributed by atoms with Crippen LogP contribution in [0.15, 0.2) is 33.9 Å². The molecule has 1 fully saturated rings. The van der Waals surface area contributed by atoms with Crippen LogP contribution in [0.25, 0.3) is 11.5 Å². The van der Waals surface area contributed by atoms with E-state index >= 15 is 0 Å². The molecular formula is C18H23N3O2S. The lowest BCUT2D eigenvalue weighted by molar-refractivity contribution is -0.130. The molecule has 5 nitrogen and oxygen atoms in total. The first-order chi connectivity index (χ1) is 11.6. The van der Waals surface area contributed by atoms with Gasteiger partial charge in [-0.25, -0.2) is 0 Å². The molecule has 0 radical (unpaired) electrons. The number of nitrogens with zero attached hydrogens (tertiary/aromatic N) is 3. The van der Waals surface area contributed by atoms with Crippen LogP contribution in [-0.2, 0) is 4.79 Å². The molecule has 2 aromatic rings. The molecule has 0 N–H and O–H groups in total. The van der Waals surface area contributed by atoms with Crippen molar-refractivity contribution in [2.75, 3.05) is 13.1 Å². The van der Waals surface area contributed by atoms with Crippen molar-refractivity contribution in [2.24, 2.45) is 0 Å². The number of hydrogen-bond donors (Lipinski definition) is 0. The summed E-state index contributed by atoms with van der Waals surface area (Å²) in [6.45, 7) is 5.65. The Labute approximate surface area is 146 Å². The standard InChI is InChI=1S/C18H23N3O2S/c1-13-9-5-6-10-15(13)16-19-20-18(23-16)24-14(2)17(22)21-11-7-3-4-8-12-21/h5-6,9-10,14H,3-4,7-8,11-12H2,1-2H3. The van der Waals surface area contributed by atoms with Crippen molar-refractivity contribution in [3.63, 3.8) is 0 Å². The molecule has 0 bridgehead atoms. The van der Waals surface area contributed by atoms with Gasteiger partial charge in [-0.05, 0) is 38.3 Å². The van der Waals surface area contributed by atoms with Crippen LogP contribution in [0.3, 0.4) is 0 Å². The van der Waals surface area contributed by atoms with E-state index in [4.69, 9.17) is 4.42 Å². The number of carbonyl (C=O) groups excluding carboxylic acids is 1. The Bertz CT molecular complexity index is 693. The van der Waals surface area contributed by atoms with Crippen molar-refractivity contribution in [3.05, 3.63) is 29.8 Å². The molecule has 24 heavy (non-hydrogen) atoms. The zero-order chi connectivity index (χ0) is 16.9. The van der Waals surface area contributed by atoms with E-state index in [0.29, 0.717) is 11.1 Å². The van der Waals surface area contributed by atoms with Gasteiger partial charge in [0.25, 0.3) is 5.22 Å². The van der Waals surface area contributed by atoms with Crippen molar-refractivity contribution >= 4 is 17.7 Å². The molecule has 1 atom stereocenters. The summed E-state index contributed by atoms with van der Waals surface area (Å²) in [7, 11) is 0. The maximum absolute atomic E-state index is 12.6. The number of carbonyl (C=O) groups is 1. The van der Waals surface area contributed by atoms with Gasteiger partial charge in [-0.2, -0.15) is 0 Å². The number of aryl methyl sites for hydroxylation is 1. The Hall–Kier alpha value is -1.82. The minimum Gasteiger partial charge on any atom is -0.411 e. The number of rotatable bonds is 4. The molecule has 0 spiro atoms. The molecule has 128 valence electrons. The van der Waals surface area contributed by atoms with Gasteiger partial charge in [-0.1, -0.05) is 42.8 Å². The first kappa shape index (κ1) is 17.0. The van der Waals surface area contributed by atoms with Crippen LogP contribution in [0.1, 0.15) is 38.2 Å². The summed E-state index contributed by atoms with van der Waals surface area (Å²) in [5.41, 5.74) is 2.02. The van der Waals surface area contributed by atoms with Gasteiger partial charge in [0, 0.05) is 18.7 Å². The highest BCUT2D eigenvalue weighted by atomic mass is 32.2. The highest BCUT2D eigenvalue weighted by molar-refractivity contribution is 8.00. The predicted octanol–water partition coefficient (Wildman–Crippen LogP) is 3.93. The van der Waals surface area contributed by atoms with Gasteiger partial charge in [0.2, 0.25) is 11.8 Å². The summed E-state index contributed by atoms with van der Waals surface area (Å²) in [6, 6.07) is 7.90. The third kappa shape index (κ3) is 3.98. The molecule has 0 saturated carbocycles. The van der Waals surface area contributed by atoms with Crippen LogP contribution in [0, 0.1) is 6.92 Å². The second kappa shape index (κ2) is 7.83. The van der Waals surface area contributed by atoms with Crippen LogP contribution < -0.4 is 0 Å². The second-order valence-corrected chi connectivity index (χ2v) is 7.48. The lowest BCUT2D eigenvalue weighted by atomic mass is 10.1. The average molecular weight is 345 g/mol. The van der Waals surface area contributed by atoms with Gasteiger partial charge in [0.15, 0.2) is 0 Å². The average Bonchev–Trinajstić information content (AvgIpc) is 2.87. The van der Waals surface area contributed by atoms with Crippen LogP contribution in [0.5, 0.6) is 0 Å².